The summed E-state index contributed by atoms with van der Waals surface area (Å²) in [7, 11) is 1.62. The van der Waals surface area contributed by atoms with E-state index in [1.807, 2.05) is 24.3 Å². The van der Waals surface area contributed by atoms with E-state index in [0.717, 1.165) is 34.6 Å². The molecule has 0 saturated heterocycles. The third kappa shape index (κ3) is 1.82. The lowest BCUT2D eigenvalue weighted by Crippen LogP contribution is -1.90. The van der Waals surface area contributed by atoms with Crippen LogP contribution in [0.3, 0.4) is 0 Å². The molecular weight excluding hydrogens is 231 g/mol. The van der Waals surface area contributed by atoms with Gasteiger partial charge < -0.3 is 9.47 Å². The zero-order valence-electron chi connectivity index (χ0n) is 10.1. The van der Waals surface area contributed by atoms with Gasteiger partial charge in [-0.05, 0) is 29.8 Å². The van der Waals surface area contributed by atoms with Crippen molar-refractivity contribution in [2.75, 3.05) is 13.7 Å². The first-order valence-corrected chi connectivity index (χ1v) is 5.87. The summed E-state index contributed by atoms with van der Waals surface area (Å²) in [5, 5.41) is 0. The first-order valence-electron chi connectivity index (χ1n) is 5.87. The summed E-state index contributed by atoms with van der Waals surface area (Å²) in [6, 6.07) is 10.6. The Labute approximate surface area is 105 Å². The third-order valence-electron chi connectivity index (χ3n) is 3.13. The Kier molecular flexibility index (Phi) is 2.67. The number of fused-ring (bicyclic) bond motifs is 1. The summed E-state index contributed by atoms with van der Waals surface area (Å²) in [5.41, 5.74) is 2.64. The van der Waals surface area contributed by atoms with Crippen molar-refractivity contribution in [2.24, 2.45) is 0 Å². The average Bonchev–Trinajstić information content (AvgIpc) is 2.85. The van der Waals surface area contributed by atoms with E-state index in [2.05, 4.69) is 0 Å². The summed E-state index contributed by atoms with van der Waals surface area (Å²) >= 11 is 0. The molecule has 0 aliphatic carbocycles. The summed E-state index contributed by atoms with van der Waals surface area (Å²) in [5.74, 6) is 1.32. The lowest BCUT2D eigenvalue weighted by atomic mass is 10.0. The summed E-state index contributed by atoms with van der Waals surface area (Å²) in [6.07, 6.45) is 0.768. The van der Waals surface area contributed by atoms with Crippen LogP contribution in [0.1, 0.15) is 5.56 Å². The van der Waals surface area contributed by atoms with Crippen molar-refractivity contribution in [1.82, 2.24) is 0 Å². The highest BCUT2D eigenvalue weighted by atomic mass is 19.1. The molecule has 0 unspecified atom stereocenters. The molecule has 0 amide bonds. The van der Waals surface area contributed by atoms with E-state index in [1.165, 1.54) is 6.07 Å². The number of halogens is 1. The van der Waals surface area contributed by atoms with Crippen molar-refractivity contribution in [3.63, 3.8) is 0 Å². The number of methoxy groups -OCH3 is 1. The van der Waals surface area contributed by atoms with E-state index in [1.54, 1.807) is 13.2 Å². The Balaban J connectivity index is 2.16. The van der Waals surface area contributed by atoms with Gasteiger partial charge in [-0.1, -0.05) is 12.1 Å². The van der Waals surface area contributed by atoms with Crippen LogP contribution in [0.25, 0.3) is 11.1 Å². The fraction of sp³-hybridized carbons (Fsp3) is 0.200. The van der Waals surface area contributed by atoms with Gasteiger partial charge in [0.15, 0.2) is 0 Å². The number of hydrogen-bond acceptors (Lipinski definition) is 2. The first-order chi connectivity index (χ1) is 8.78. The third-order valence-corrected chi connectivity index (χ3v) is 3.13. The Morgan fingerprint density at radius 1 is 1.22 bits per heavy atom. The van der Waals surface area contributed by atoms with Crippen LogP contribution in [0.2, 0.25) is 0 Å². The predicted molar refractivity (Wildman–Crippen MR) is 67.6 cm³/mol. The molecule has 0 bridgehead atoms. The molecular formula is C15H13FO2. The fourth-order valence-corrected chi connectivity index (χ4v) is 2.27. The van der Waals surface area contributed by atoms with E-state index in [-0.39, 0.29) is 5.82 Å². The highest BCUT2D eigenvalue weighted by Gasteiger charge is 2.19. The standard InChI is InChI=1S/C15H13FO2/c1-17-13-4-2-3-10(8-13)14-9-12(16)7-11-5-6-18-15(11)14/h2-4,7-9H,5-6H2,1H3. The smallest absolute Gasteiger partial charge is 0.130 e. The minimum absolute atomic E-state index is 0.225. The van der Waals surface area contributed by atoms with Crippen LogP contribution in [0.4, 0.5) is 4.39 Å². The summed E-state index contributed by atoms with van der Waals surface area (Å²) < 4.78 is 24.4. The maximum absolute atomic E-state index is 13.6. The minimum Gasteiger partial charge on any atom is -0.497 e. The molecule has 2 aromatic carbocycles. The average molecular weight is 244 g/mol. The Bertz CT molecular complexity index is 593. The van der Waals surface area contributed by atoms with Gasteiger partial charge in [-0.25, -0.2) is 4.39 Å². The van der Waals surface area contributed by atoms with Crippen molar-refractivity contribution in [1.29, 1.82) is 0 Å². The zero-order valence-corrected chi connectivity index (χ0v) is 10.1. The van der Waals surface area contributed by atoms with Gasteiger partial charge in [0.1, 0.15) is 17.3 Å². The van der Waals surface area contributed by atoms with Gasteiger partial charge in [0.2, 0.25) is 0 Å². The Morgan fingerprint density at radius 2 is 2.11 bits per heavy atom. The number of benzene rings is 2. The molecule has 0 N–H and O–H groups in total. The van der Waals surface area contributed by atoms with Gasteiger partial charge in [0.05, 0.1) is 13.7 Å². The lowest BCUT2D eigenvalue weighted by molar-refractivity contribution is 0.358. The second-order valence-corrected chi connectivity index (χ2v) is 4.27. The van der Waals surface area contributed by atoms with Crippen molar-refractivity contribution in [2.45, 2.75) is 6.42 Å². The number of ether oxygens (including phenoxy) is 2. The minimum atomic E-state index is -0.225. The van der Waals surface area contributed by atoms with Crippen LogP contribution in [0.5, 0.6) is 11.5 Å². The second-order valence-electron chi connectivity index (χ2n) is 4.27. The SMILES string of the molecule is COc1cccc(-c2cc(F)cc3c2OCC3)c1. The maximum atomic E-state index is 13.6. The molecule has 1 aliphatic heterocycles. The first kappa shape index (κ1) is 11.1. The van der Waals surface area contributed by atoms with Crippen molar-refractivity contribution in [3.05, 3.63) is 47.8 Å². The molecule has 3 rings (SSSR count). The molecule has 18 heavy (non-hydrogen) atoms. The van der Waals surface area contributed by atoms with E-state index >= 15 is 0 Å². The lowest BCUT2D eigenvalue weighted by Gasteiger charge is -2.10. The Hall–Kier alpha value is -2.03. The largest absolute Gasteiger partial charge is 0.497 e. The number of hydrogen-bond donors (Lipinski definition) is 0. The van der Waals surface area contributed by atoms with Gasteiger partial charge in [-0.2, -0.15) is 0 Å². The molecule has 0 saturated carbocycles. The van der Waals surface area contributed by atoms with Crippen molar-refractivity contribution < 1.29 is 13.9 Å². The molecule has 0 atom stereocenters. The Morgan fingerprint density at radius 3 is 2.94 bits per heavy atom. The van der Waals surface area contributed by atoms with E-state index < -0.39 is 0 Å². The van der Waals surface area contributed by atoms with Crippen LogP contribution < -0.4 is 9.47 Å². The van der Waals surface area contributed by atoms with Gasteiger partial charge in [-0.3, -0.25) is 0 Å². The van der Waals surface area contributed by atoms with Gasteiger partial charge in [0, 0.05) is 17.5 Å². The zero-order chi connectivity index (χ0) is 12.5. The highest BCUT2D eigenvalue weighted by molar-refractivity contribution is 5.74. The quantitative estimate of drug-likeness (QED) is 0.805. The van der Waals surface area contributed by atoms with Crippen LogP contribution in [-0.4, -0.2) is 13.7 Å². The second kappa shape index (κ2) is 4.33. The summed E-state index contributed by atoms with van der Waals surface area (Å²) in [6.45, 7) is 0.621. The topological polar surface area (TPSA) is 18.5 Å². The molecule has 92 valence electrons. The highest BCUT2D eigenvalue weighted by Crippen LogP contribution is 2.38. The van der Waals surface area contributed by atoms with Crippen LogP contribution in [0.15, 0.2) is 36.4 Å². The molecule has 3 heteroatoms. The van der Waals surface area contributed by atoms with Gasteiger partial charge >= 0.3 is 0 Å². The van der Waals surface area contributed by atoms with Gasteiger partial charge in [0.25, 0.3) is 0 Å². The molecule has 1 aliphatic rings. The van der Waals surface area contributed by atoms with Gasteiger partial charge in [-0.15, -0.1) is 0 Å². The number of rotatable bonds is 2. The summed E-state index contributed by atoms with van der Waals surface area (Å²) in [4.78, 5) is 0. The fourth-order valence-electron chi connectivity index (χ4n) is 2.27. The molecule has 0 spiro atoms. The van der Waals surface area contributed by atoms with E-state index in [9.17, 15) is 4.39 Å². The molecule has 2 aromatic rings. The molecule has 0 fully saturated rings. The monoisotopic (exact) mass is 244 g/mol. The predicted octanol–water partition coefficient (Wildman–Crippen LogP) is 3.44. The normalized spacial score (nSPS) is 13.0. The van der Waals surface area contributed by atoms with Crippen LogP contribution in [0, 0.1) is 5.82 Å². The molecule has 2 nitrogen and oxygen atoms in total. The van der Waals surface area contributed by atoms with Crippen molar-refractivity contribution in [3.8, 4) is 22.6 Å². The van der Waals surface area contributed by atoms with Crippen molar-refractivity contribution >= 4 is 0 Å². The van der Waals surface area contributed by atoms with E-state index in [0.29, 0.717) is 6.61 Å². The maximum Gasteiger partial charge on any atom is 0.130 e. The molecule has 0 aromatic heterocycles. The molecule has 0 radical (unpaired) electrons. The van der Waals surface area contributed by atoms with E-state index in [4.69, 9.17) is 9.47 Å². The van der Waals surface area contributed by atoms with Crippen LogP contribution >= 0.6 is 0 Å². The molecule has 1 heterocycles. The van der Waals surface area contributed by atoms with Crippen LogP contribution in [-0.2, 0) is 6.42 Å².